The molecule has 0 bridgehead atoms. The third kappa shape index (κ3) is 3.31. The van der Waals surface area contributed by atoms with Crippen molar-refractivity contribution in [2.24, 2.45) is 0 Å². The Bertz CT molecular complexity index is 1110. The minimum Gasteiger partial charge on any atom is -0.460 e. The second-order valence-corrected chi connectivity index (χ2v) is 5.84. The van der Waals surface area contributed by atoms with Crippen molar-refractivity contribution in [2.75, 3.05) is 5.73 Å². The predicted molar refractivity (Wildman–Crippen MR) is 94.3 cm³/mol. The maximum absolute atomic E-state index is 13.5. The third-order valence-electron chi connectivity index (χ3n) is 3.96. The van der Waals surface area contributed by atoms with Crippen LogP contribution in [0.5, 0.6) is 5.88 Å². The molecular weight excluding hydrogens is 373 g/mol. The molecule has 0 fully saturated rings. The highest BCUT2D eigenvalue weighted by Crippen LogP contribution is 2.37. The molecule has 1 aromatic carbocycles. The van der Waals surface area contributed by atoms with Crippen molar-refractivity contribution in [1.29, 1.82) is 0 Å². The Hall–Kier alpha value is -3.69. The van der Waals surface area contributed by atoms with Gasteiger partial charge in [-0.3, -0.25) is 0 Å². The summed E-state index contributed by atoms with van der Waals surface area (Å²) >= 11 is 0. The van der Waals surface area contributed by atoms with Gasteiger partial charge in [0, 0.05) is 24.0 Å². The predicted octanol–water partition coefficient (Wildman–Crippen LogP) is 3.45. The first-order chi connectivity index (χ1) is 13.4. The van der Waals surface area contributed by atoms with Crippen LogP contribution in [0.3, 0.4) is 0 Å². The van der Waals surface area contributed by atoms with Gasteiger partial charge in [0.2, 0.25) is 12.0 Å². The molecule has 0 aliphatic heterocycles. The van der Waals surface area contributed by atoms with Crippen molar-refractivity contribution in [3.05, 3.63) is 66.7 Å². The monoisotopic (exact) mass is 386 g/mol. The SMILES string of the molecule is Nc1nn2cccnc2c1-c1cc(O[C@@H](c2ccccc2)C(F)(F)F)ncn1. The molecule has 142 valence electrons. The summed E-state index contributed by atoms with van der Waals surface area (Å²) in [5.74, 6) is -0.107. The second-order valence-electron chi connectivity index (χ2n) is 5.84. The zero-order valence-electron chi connectivity index (χ0n) is 14.2. The molecule has 0 unspecified atom stereocenters. The molecule has 4 rings (SSSR count). The number of aromatic nitrogens is 5. The fraction of sp³-hybridized carbons (Fsp3) is 0.111. The van der Waals surface area contributed by atoms with Crippen LogP contribution in [-0.2, 0) is 0 Å². The number of hydrogen-bond acceptors (Lipinski definition) is 6. The lowest BCUT2D eigenvalue weighted by atomic mass is 10.1. The standard InChI is InChI=1S/C18H13F3N6O/c19-18(20,21)15(11-5-2-1-3-6-11)28-13-9-12(24-10-25-13)14-16(22)26-27-8-4-7-23-17(14)27/h1-10,15H,(H2,22,26)/t15-/m0/s1. The summed E-state index contributed by atoms with van der Waals surface area (Å²) < 4.78 is 47.2. The van der Waals surface area contributed by atoms with Gasteiger partial charge >= 0.3 is 6.18 Å². The number of alkyl halides is 3. The van der Waals surface area contributed by atoms with Gasteiger partial charge in [-0.1, -0.05) is 30.3 Å². The second kappa shape index (κ2) is 6.80. The molecule has 0 saturated heterocycles. The van der Waals surface area contributed by atoms with E-state index < -0.39 is 12.3 Å². The summed E-state index contributed by atoms with van der Waals surface area (Å²) in [6.07, 6.45) is -2.49. The van der Waals surface area contributed by atoms with E-state index >= 15 is 0 Å². The molecule has 0 radical (unpaired) electrons. The quantitative estimate of drug-likeness (QED) is 0.578. The van der Waals surface area contributed by atoms with Crippen LogP contribution in [0.1, 0.15) is 11.7 Å². The zero-order chi connectivity index (χ0) is 19.7. The number of halogens is 3. The van der Waals surface area contributed by atoms with Gasteiger partial charge in [-0.2, -0.15) is 13.2 Å². The van der Waals surface area contributed by atoms with Crippen LogP contribution in [0.25, 0.3) is 16.9 Å². The lowest BCUT2D eigenvalue weighted by molar-refractivity contribution is -0.198. The van der Waals surface area contributed by atoms with Crippen LogP contribution in [0.4, 0.5) is 19.0 Å². The van der Waals surface area contributed by atoms with Crippen LogP contribution in [0.15, 0.2) is 61.2 Å². The molecule has 0 aliphatic rings. The highest BCUT2D eigenvalue weighted by molar-refractivity contribution is 5.84. The van der Waals surface area contributed by atoms with E-state index in [0.29, 0.717) is 11.2 Å². The summed E-state index contributed by atoms with van der Waals surface area (Å²) in [5.41, 5.74) is 6.97. The van der Waals surface area contributed by atoms with Crippen LogP contribution >= 0.6 is 0 Å². The molecule has 0 saturated carbocycles. The molecule has 4 aromatic rings. The van der Waals surface area contributed by atoms with Gasteiger partial charge in [0.1, 0.15) is 6.33 Å². The minimum absolute atomic E-state index is 0.0349. The van der Waals surface area contributed by atoms with Gasteiger partial charge in [-0.05, 0) is 6.07 Å². The van der Waals surface area contributed by atoms with E-state index in [9.17, 15) is 13.2 Å². The molecular formula is C18H13F3N6O. The Morgan fingerprint density at radius 1 is 1.04 bits per heavy atom. The van der Waals surface area contributed by atoms with E-state index in [0.717, 1.165) is 6.33 Å². The lowest BCUT2D eigenvalue weighted by Gasteiger charge is -2.21. The number of anilines is 1. The molecule has 0 spiro atoms. The van der Waals surface area contributed by atoms with Gasteiger partial charge in [0.25, 0.3) is 0 Å². The van der Waals surface area contributed by atoms with Crippen molar-refractivity contribution in [1.82, 2.24) is 24.6 Å². The molecule has 0 amide bonds. The van der Waals surface area contributed by atoms with Crippen molar-refractivity contribution < 1.29 is 17.9 Å². The average molecular weight is 386 g/mol. The number of nitrogens with two attached hydrogens (primary N) is 1. The lowest BCUT2D eigenvalue weighted by Crippen LogP contribution is -2.26. The van der Waals surface area contributed by atoms with Crippen molar-refractivity contribution >= 4 is 11.5 Å². The normalized spacial score (nSPS) is 12.8. The van der Waals surface area contributed by atoms with Crippen molar-refractivity contribution in [2.45, 2.75) is 12.3 Å². The van der Waals surface area contributed by atoms with Crippen LogP contribution in [0, 0.1) is 0 Å². The summed E-state index contributed by atoms with van der Waals surface area (Å²) in [5, 5.41) is 4.12. The average Bonchev–Trinajstić information content (AvgIpc) is 3.02. The summed E-state index contributed by atoms with van der Waals surface area (Å²) in [6, 6.07) is 10.3. The summed E-state index contributed by atoms with van der Waals surface area (Å²) in [6.45, 7) is 0. The Morgan fingerprint density at radius 2 is 1.82 bits per heavy atom. The fourth-order valence-corrected chi connectivity index (χ4v) is 2.76. The van der Waals surface area contributed by atoms with E-state index in [2.05, 4.69) is 20.1 Å². The smallest absolute Gasteiger partial charge is 0.429 e. The first kappa shape index (κ1) is 17.7. The fourth-order valence-electron chi connectivity index (χ4n) is 2.76. The largest absolute Gasteiger partial charge is 0.460 e. The van der Waals surface area contributed by atoms with Gasteiger partial charge in [-0.15, -0.1) is 5.10 Å². The van der Waals surface area contributed by atoms with Gasteiger partial charge < -0.3 is 10.5 Å². The summed E-state index contributed by atoms with van der Waals surface area (Å²) in [7, 11) is 0. The van der Waals surface area contributed by atoms with Crippen molar-refractivity contribution in [3.63, 3.8) is 0 Å². The topological polar surface area (TPSA) is 91.2 Å². The minimum atomic E-state index is -4.63. The van der Waals surface area contributed by atoms with E-state index in [4.69, 9.17) is 10.5 Å². The number of hydrogen-bond donors (Lipinski definition) is 1. The highest BCUT2D eigenvalue weighted by atomic mass is 19.4. The maximum Gasteiger partial charge on any atom is 0.429 e. The Labute approximate surface area is 156 Å². The molecule has 10 heteroatoms. The van der Waals surface area contributed by atoms with Crippen LogP contribution in [0.2, 0.25) is 0 Å². The first-order valence-corrected chi connectivity index (χ1v) is 8.13. The Kier molecular flexibility index (Phi) is 4.30. The van der Waals surface area contributed by atoms with Crippen LogP contribution in [-0.4, -0.2) is 30.7 Å². The van der Waals surface area contributed by atoms with E-state index in [-0.39, 0.29) is 23.0 Å². The number of ether oxygens (including phenoxy) is 1. The molecule has 28 heavy (non-hydrogen) atoms. The number of fused-ring (bicyclic) bond motifs is 1. The number of nitrogen functional groups attached to an aromatic ring is 1. The third-order valence-corrected chi connectivity index (χ3v) is 3.96. The van der Waals surface area contributed by atoms with E-state index in [1.165, 1.54) is 34.8 Å². The molecule has 2 N–H and O–H groups in total. The first-order valence-electron chi connectivity index (χ1n) is 8.13. The van der Waals surface area contributed by atoms with E-state index in [1.54, 1.807) is 24.5 Å². The number of rotatable bonds is 4. The molecule has 0 aliphatic carbocycles. The number of nitrogens with zero attached hydrogens (tertiary/aromatic N) is 5. The van der Waals surface area contributed by atoms with Gasteiger partial charge in [0.15, 0.2) is 11.5 Å². The Morgan fingerprint density at radius 3 is 2.57 bits per heavy atom. The Balaban J connectivity index is 1.73. The zero-order valence-corrected chi connectivity index (χ0v) is 14.2. The van der Waals surface area contributed by atoms with E-state index in [1.807, 2.05) is 0 Å². The maximum atomic E-state index is 13.5. The van der Waals surface area contributed by atoms with Gasteiger partial charge in [-0.25, -0.2) is 19.5 Å². The summed E-state index contributed by atoms with van der Waals surface area (Å²) in [4.78, 5) is 12.1. The van der Waals surface area contributed by atoms with Crippen LogP contribution < -0.4 is 10.5 Å². The number of benzene rings is 1. The van der Waals surface area contributed by atoms with Gasteiger partial charge in [0.05, 0.1) is 11.3 Å². The van der Waals surface area contributed by atoms with Crippen molar-refractivity contribution in [3.8, 4) is 17.1 Å². The molecule has 3 heterocycles. The molecule has 7 nitrogen and oxygen atoms in total. The highest BCUT2D eigenvalue weighted by Gasteiger charge is 2.43. The molecule has 3 aromatic heterocycles. The molecule has 1 atom stereocenters.